The van der Waals surface area contributed by atoms with Crippen molar-refractivity contribution < 1.29 is 13.8 Å². The van der Waals surface area contributed by atoms with E-state index in [1.807, 2.05) is 19.0 Å². The van der Waals surface area contributed by atoms with E-state index in [4.69, 9.17) is 0 Å². The number of nitrogens with one attached hydrogen (secondary N) is 2. The van der Waals surface area contributed by atoms with Gasteiger partial charge < -0.3 is 10.2 Å². The number of benzene rings is 1. The molecule has 2 aliphatic carbocycles. The molecule has 7 nitrogen and oxygen atoms in total. The number of nitrogens with zero attached hydrogens (tertiary/aromatic N) is 2. The third-order valence-electron chi connectivity index (χ3n) is 5.58. The van der Waals surface area contributed by atoms with Gasteiger partial charge in [0.1, 0.15) is 9.92 Å². The zero-order chi connectivity index (χ0) is 19.2. The molecule has 1 fully saturated rings. The average Bonchev–Trinajstić information content (AvgIpc) is 3.26. The summed E-state index contributed by atoms with van der Waals surface area (Å²) in [6.45, 7) is 0.486. The topological polar surface area (TPSA) is 90.9 Å². The first-order chi connectivity index (χ1) is 12.8. The molecule has 3 aliphatic rings. The Hall–Kier alpha value is -1.93. The average molecular weight is 391 g/mol. The molecule has 1 saturated heterocycles. The molecule has 1 aromatic carbocycles. The normalized spacial score (nSPS) is 26.0. The van der Waals surface area contributed by atoms with Gasteiger partial charge in [-0.1, -0.05) is 6.07 Å². The van der Waals surface area contributed by atoms with Crippen molar-refractivity contribution in [1.29, 1.82) is 0 Å². The van der Waals surface area contributed by atoms with E-state index in [0.29, 0.717) is 6.54 Å². The van der Waals surface area contributed by atoms with E-state index in [0.717, 1.165) is 44.2 Å². The van der Waals surface area contributed by atoms with E-state index in [2.05, 4.69) is 20.5 Å². The van der Waals surface area contributed by atoms with Gasteiger partial charge in [0, 0.05) is 12.2 Å². The first-order valence-corrected chi connectivity index (χ1v) is 11.2. The maximum absolute atomic E-state index is 12.9. The number of anilines is 1. The zero-order valence-corrected chi connectivity index (χ0v) is 16.7. The van der Waals surface area contributed by atoms with Gasteiger partial charge in [-0.25, -0.2) is 9.00 Å². The summed E-state index contributed by atoms with van der Waals surface area (Å²) < 4.78 is 19.2. The molecule has 27 heavy (non-hydrogen) atoms. The maximum Gasteiger partial charge on any atom is 0.354 e. The number of hydrogen-bond donors (Lipinski definition) is 2. The Balaban J connectivity index is 1.58. The second kappa shape index (κ2) is 6.91. The molecular formula is C19H26N4O3S. The zero-order valence-electron chi connectivity index (χ0n) is 15.8. The third kappa shape index (κ3) is 3.60. The quantitative estimate of drug-likeness (QED) is 0.825. The molecule has 1 aliphatic heterocycles. The standard InChI is InChI=1S/C19H26N4O3S/c1-23(2)10-14-11-27(26,21-18(14)24)22-19(25)20-17-15-7-3-5-12(15)9-13-6-4-8-16(13)17/h9,14H,3-8,10-11H2,1-2H3,(H2,20,21,22,24,25,26). The molecule has 1 heterocycles. The van der Waals surface area contributed by atoms with E-state index in [1.54, 1.807) is 0 Å². The van der Waals surface area contributed by atoms with Crippen LogP contribution in [0.3, 0.4) is 0 Å². The summed E-state index contributed by atoms with van der Waals surface area (Å²) in [5.41, 5.74) is 5.92. The molecule has 0 spiro atoms. The fraction of sp³-hybridized carbons (Fsp3) is 0.579. The van der Waals surface area contributed by atoms with E-state index in [-0.39, 0.29) is 11.7 Å². The lowest BCUT2D eigenvalue weighted by atomic mass is 9.99. The number of carbonyl (C=O) groups is 2. The molecule has 3 amide bonds. The summed E-state index contributed by atoms with van der Waals surface area (Å²) in [5.74, 6) is -0.636. The van der Waals surface area contributed by atoms with Crippen LogP contribution in [0.5, 0.6) is 0 Å². The number of amides is 3. The summed E-state index contributed by atoms with van der Waals surface area (Å²) in [6.07, 6.45) is 6.18. The van der Waals surface area contributed by atoms with E-state index in [9.17, 15) is 13.8 Å². The summed E-state index contributed by atoms with van der Waals surface area (Å²) in [7, 11) is 0.652. The second-order valence-corrected chi connectivity index (χ2v) is 9.99. The highest BCUT2D eigenvalue weighted by Gasteiger charge is 2.35. The van der Waals surface area contributed by atoms with Gasteiger partial charge in [-0.2, -0.15) is 0 Å². The summed E-state index contributed by atoms with van der Waals surface area (Å²) >= 11 is 0. The highest BCUT2D eigenvalue weighted by atomic mass is 32.2. The van der Waals surface area contributed by atoms with Crippen LogP contribution < -0.4 is 10.0 Å². The Morgan fingerprint density at radius 1 is 1.22 bits per heavy atom. The Morgan fingerprint density at radius 3 is 2.44 bits per heavy atom. The van der Waals surface area contributed by atoms with Crippen molar-refractivity contribution in [2.24, 2.45) is 10.3 Å². The number of hydrogen-bond acceptors (Lipinski definition) is 4. The molecule has 2 atom stereocenters. The minimum Gasteiger partial charge on any atom is -0.309 e. The molecule has 8 heteroatoms. The maximum atomic E-state index is 12.9. The number of urea groups is 1. The monoisotopic (exact) mass is 390 g/mol. The Labute approximate surface area is 160 Å². The van der Waals surface area contributed by atoms with Gasteiger partial charge in [0.05, 0.1) is 11.7 Å². The van der Waals surface area contributed by atoms with Gasteiger partial charge >= 0.3 is 6.03 Å². The molecule has 0 aromatic heterocycles. The Morgan fingerprint density at radius 2 is 1.85 bits per heavy atom. The summed E-state index contributed by atoms with van der Waals surface area (Å²) in [4.78, 5) is 26.5. The second-order valence-electron chi connectivity index (χ2n) is 7.99. The fourth-order valence-corrected chi connectivity index (χ4v) is 6.30. The van der Waals surface area contributed by atoms with Crippen molar-refractivity contribution in [1.82, 2.24) is 9.62 Å². The first kappa shape index (κ1) is 18.4. The lowest BCUT2D eigenvalue weighted by molar-refractivity contribution is -0.122. The van der Waals surface area contributed by atoms with Gasteiger partial charge in [0.25, 0.3) is 0 Å². The van der Waals surface area contributed by atoms with Gasteiger partial charge in [0.15, 0.2) is 0 Å². The molecule has 1 aromatic rings. The number of aryl methyl sites for hydroxylation is 2. The van der Waals surface area contributed by atoms with Crippen molar-refractivity contribution in [3.8, 4) is 0 Å². The lowest BCUT2D eigenvalue weighted by Gasteiger charge is -2.15. The van der Waals surface area contributed by atoms with Crippen molar-refractivity contribution in [2.75, 3.05) is 31.7 Å². The molecular weight excluding hydrogens is 364 g/mol. The van der Waals surface area contributed by atoms with E-state index < -0.39 is 21.9 Å². The smallest absolute Gasteiger partial charge is 0.309 e. The van der Waals surface area contributed by atoms with Crippen LogP contribution in [-0.4, -0.2) is 47.4 Å². The fourth-order valence-electron chi connectivity index (χ4n) is 4.50. The molecule has 2 unspecified atom stereocenters. The number of rotatable bonds is 3. The Kier molecular flexibility index (Phi) is 4.71. The van der Waals surface area contributed by atoms with Crippen LogP contribution in [0, 0.1) is 5.92 Å². The van der Waals surface area contributed by atoms with Crippen LogP contribution in [0.1, 0.15) is 35.1 Å². The predicted octanol–water partition coefficient (Wildman–Crippen LogP) is 1.89. The van der Waals surface area contributed by atoms with Crippen molar-refractivity contribution >= 4 is 27.5 Å². The van der Waals surface area contributed by atoms with Crippen LogP contribution in [0.15, 0.2) is 10.4 Å². The van der Waals surface area contributed by atoms with Crippen molar-refractivity contribution in [3.63, 3.8) is 0 Å². The van der Waals surface area contributed by atoms with Crippen molar-refractivity contribution in [3.05, 3.63) is 28.3 Å². The van der Waals surface area contributed by atoms with Crippen LogP contribution in [0.4, 0.5) is 10.5 Å². The highest BCUT2D eigenvalue weighted by molar-refractivity contribution is 7.93. The van der Waals surface area contributed by atoms with Crippen LogP contribution in [0.2, 0.25) is 0 Å². The van der Waals surface area contributed by atoms with Gasteiger partial charge in [-0.05, 0) is 74.9 Å². The van der Waals surface area contributed by atoms with Gasteiger partial charge in [0.2, 0.25) is 5.91 Å². The molecule has 2 N–H and O–H groups in total. The van der Waals surface area contributed by atoms with E-state index in [1.165, 1.54) is 22.3 Å². The van der Waals surface area contributed by atoms with E-state index >= 15 is 0 Å². The minimum atomic E-state index is -3.06. The molecule has 0 radical (unpaired) electrons. The molecule has 4 rings (SSSR count). The highest BCUT2D eigenvalue weighted by Crippen LogP contribution is 2.38. The first-order valence-electron chi connectivity index (χ1n) is 9.53. The Bertz CT molecular complexity index is 899. The van der Waals surface area contributed by atoms with Gasteiger partial charge in [-0.15, -0.1) is 4.36 Å². The molecule has 0 bridgehead atoms. The number of fused-ring (bicyclic) bond motifs is 2. The largest absolute Gasteiger partial charge is 0.354 e. The van der Waals surface area contributed by atoms with Crippen LogP contribution in [0.25, 0.3) is 0 Å². The van der Waals surface area contributed by atoms with Crippen molar-refractivity contribution in [2.45, 2.75) is 38.5 Å². The lowest BCUT2D eigenvalue weighted by Crippen LogP contribution is -2.29. The van der Waals surface area contributed by atoms with Crippen LogP contribution in [-0.2, 0) is 40.4 Å². The SMILES string of the molecule is CN(C)CC1CS(=O)(=NC(=O)Nc2c3c(cc4c2CCC4)CCC3)NC1=O. The summed E-state index contributed by atoms with van der Waals surface area (Å²) in [5, 5.41) is 2.92. The number of carbonyl (C=O) groups excluding carboxylic acids is 2. The third-order valence-corrected chi connectivity index (χ3v) is 7.41. The van der Waals surface area contributed by atoms with Crippen LogP contribution >= 0.6 is 0 Å². The molecule has 146 valence electrons. The predicted molar refractivity (Wildman–Crippen MR) is 105 cm³/mol. The van der Waals surface area contributed by atoms with Gasteiger partial charge in [-0.3, -0.25) is 9.52 Å². The minimum absolute atomic E-state index is 0.0719. The summed E-state index contributed by atoms with van der Waals surface area (Å²) in [6, 6.07) is 1.67. The molecule has 0 saturated carbocycles.